The zero-order valence-electron chi connectivity index (χ0n) is 11.0. The van der Waals surface area contributed by atoms with Crippen LogP contribution in [-0.2, 0) is 4.79 Å². The third-order valence-electron chi connectivity index (χ3n) is 3.05. The molecule has 6 heteroatoms. The van der Waals surface area contributed by atoms with Gasteiger partial charge in [0.05, 0.1) is 10.6 Å². The fourth-order valence-electron chi connectivity index (χ4n) is 1.96. The molecule has 1 saturated heterocycles. The first kappa shape index (κ1) is 14.4. The Hall–Kier alpha value is -1.50. The lowest BCUT2D eigenvalue weighted by molar-refractivity contribution is -0.113. The van der Waals surface area contributed by atoms with E-state index in [1.807, 2.05) is 24.4 Å². The number of carbonyl (C=O) groups excluding carboxylic acids is 1. The maximum absolute atomic E-state index is 13.9. The van der Waals surface area contributed by atoms with Crippen LogP contribution >= 0.6 is 35.3 Å². The SMILES string of the molecule is Cc1ccsc1/C=C1\SC(=S)N(c2ccccc2F)C1=O. The number of carbonyl (C=O) groups is 1. The number of benzene rings is 1. The van der Waals surface area contributed by atoms with Crippen LogP contribution in [0.2, 0.25) is 0 Å². The summed E-state index contributed by atoms with van der Waals surface area (Å²) in [5.41, 5.74) is 1.31. The van der Waals surface area contributed by atoms with Crippen LogP contribution in [0.1, 0.15) is 10.4 Å². The molecular formula is C15H10FNOS3. The Bertz CT molecular complexity index is 766. The van der Waals surface area contributed by atoms with Crippen molar-refractivity contribution in [3.8, 4) is 0 Å². The Kier molecular flexibility index (Phi) is 3.93. The second-order valence-electron chi connectivity index (χ2n) is 4.44. The van der Waals surface area contributed by atoms with Gasteiger partial charge in [-0.1, -0.05) is 36.1 Å². The van der Waals surface area contributed by atoms with Crippen molar-refractivity contribution in [1.29, 1.82) is 0 Å². The average molecular weight is 335 g/mol. The number of aryl methyl sites for hydroxylation is 1. The van der Waals surface area contributed by atoms with Gasteiger partial charge >= 0.3 is 0 Å². The van der Waals surface area contributed by atoms with Gasteiger partial charge < -0.3 is 0 Å². The number of para-hydroxylation sites is 1. The van der Waals surface area contributed by atoms with Crippen molar-refractivity contribution in [3.63, 3.8) is 0 Å². The summed E-state index contributed by atoms with van der Waals surface area (Å²) in [6.45, 7) is 1.99. The monoisotopic (exact) mass is 335 g/mol. The van der Waals surface area contributed by atoms with E-state index >= 15 is 0 Å². The van der Waals surface area contributed by atoms with E-state index in [4.69, 9.17) is 12.2 Å². The molecular weight excluding hydrogens is 325 g/mol. The molecule has 2 nitrogen and oxygen atoms in total. The molecule has 1 aromatic heterocycles. The second kappa shape index (κ2) is 5.71. The predicted molar refractivity (Wildman–Crippen MR) is 91.1 cm³/mol. The number of hydrogen-bond donors (Lipinski definition) is 0. The molecule has 0 saturated carbocycles. The lowest BCUT2D eigenvalue weighted by Crippen LogP contribution is -2.28. The molecule has 0 bridgehead atoms. The quantitative estimate of drug-likeness (QED) is 0.591. The summed E-state index contributed by atoms with van der Waals surface area (Å²) in [4.78, 5) is 15.3. The Labute approximate surface area is 135 Å². The molecule has 1 amide bonds. The van der Waals surface area contributed by atoms with Gasteiger partial charge in [-0.05, 0) is 42.1 Å². The predicted octanol–water partition coefficient (Wildman–Crippen LogP) is 4.60. The van der Waals surface area contributed by atoms with E-state index in [9.17, 15) is 9.18 Å². The van der Waals surface area contributed by atoms with Crippen molar-refractivity contribution in [2.75, 3.05) is 4.90 Å². The van der Waals surface area contributed by atoms with Crippen molar-refractivity contribution < 1.29 is 9.18 Å². The minimum absolute atomic E-state index is 0.200. The van der Waals surface area contributed by atoms with E-state index in [0.29, 0.717) is 9.23 Å². The largest absolute Gasteiger partial charge is 0.270 e. The summed E-state index contributed by atoms with van der Waals surface area (Å²) in [5.74, 6) is -0.731. The minimum atomic E-state index is -0.456. The number of rotatable bonds is 2. The molecule has 1 aliphatic heterocycles. The molecule has 21 heavy (non-hydrogen) atoms. The molecule has 0 radical (unpaired) electrons. The first-order valence-corrected chi connectivity index (χ1v) is 8.25. The molecule has 1 aromatic carbocycles. The van der Waals surface area contributed by atoms with Crippen molar-refractivity contribution >= 4 is 57.3 Å². The molecule has 2 heterocycles. The van der Waals surface area contributed by atoms with Gasteiger partial charge in [-0.3, -0.25) is 9.69 Å². The highest BCUT2D eigenvalue weighted by atomic mass is 32.2. The van der Waals surface area contributed by atoms with E-state index < -0.39 is 5.82 Å². The Morgan fingerprint density at radius 3 is 2.71 bits per heavy atom. The van der Waals surface area contributed by atoms with Crippen LogP contribution in [-0.4, -0.2) is 10.2 Å². The van der Waals surface area contributed by atoms with Gasteiger partial charge in [-0.15, -0.1) is 11.3 Å². The van der Waals surface area contributed by atoms with E-state index in [0.717, 1.165) is 10.4 Å². The van der Waals surface area contributed by atoms with Gasteiger partial charge in [0.15, 0.2) is 4.32 Å². The fourth-order valence-corrected chi connectivity index (χ4v) is 4.16. The molecule has 0 aliphatic carbocycles. The van der Waals surface area contributed by atoms with Crippen LogP contribution in [0.3, 0.4) is 0 Å². The fraction of sp³-hybridized carbons (Fsp3) is 0.0667. The lowest BCUT2D eigenvalue weighted by Gasteiger charge is -2.14. The van der Waals surface area contributed by atoms with Crippen molar-refractivity contribution in [3.05, 3.63) is 56.9 Å². The van der Waals surface area contributed by atoms with Gasteiger partial charge in [-0.2, -0.15) is 0 Å². The molecule has 1 fully saturated rings. The molecule has 0 unspecified atom stereocenters. The number of anilines is 1. The Balaban J connectivity index is 1.99. The molecule has 106 valence electrons. The molecule has 0 N–H and O–H groups in total. The number of halogens is 1. The Morgan fingerprint density at radius 2 is 2.05 bits per heavy atom. The number of thioether (sulfide) groups is 1. The maximum Gasteiger partial charge on any atom is 0.270 e. The van der Waals surface area contributed by atoms with E-state index in [2.05, 4.69) is 0 Å². The summed E-state index contributed by atoms with van der Waals surface area (Å²) in [5, 5.41) is 1.97. The highest BCUT2D eigenvalue weighted by Gasteiger charge is 2.34. The summed E-state index contributed by atoms with van der Waals surface area (Å²) in [6, 6.07) is 8.14. The topological polar surface area (TPSA) is 20.3 Å². The first-order valence-electron chi connectivity index (χ1n) is 6.14. The number of amides is 1. The van der Waals surface area contributed by atoms with Gasteiger partial charge in [-0.25, -0.2) is 4.39 Å². The van der Waals surface area contributed by atoms with Crippen LogP contribution in [0.4, 0.5) is 10.1 Å². The summed E-state index contributed by atoms with van der Waals surface area (Å²) in [6.07, 6.45) is 1.82. The highest BCUT2D eigenvalue weighted by molar-refractivity contribution is 8.27. The smallest absolute Gasteiger partial charge is 0.268 e. The zero-order valence-corrected chi connectivity index (χ0v) is 13.4. The molecule has 0 spiro atoms. The van der Waals surface area contributed by atoms with Gasteiger partial charge in [0.25, 0.3) is 5.91 Å². The molecule has 3 rings (SSSR count). The molecule has 0 atom stereocenters. The second-order valence-corrected chi connectivity index (χ2v) is 7.06. The highest BCUT2D eigenvalue weighted by Crippen LogP contribution is 2.37. The number of thiocarbonyl (C=S) groups is 1. The first-order chi connectivity index (χ1) is 10.1. The zero-order chi connectivity index (χ0) is 15.0. The van der Waals surface area contributed by atoms with Gasteiger partial charge in [0.1, 0.15) is 5.82 Å². The standard InChI is InChI=1S/C15H10FNOS3/c1-9-6-7-20-12(9)8-13-14(18)17(15(19)21-13)11-5-3-2-4-10(11)16/h2-8H,1H3/b13-8-. The third-order valence-corrected chi connectivity index (χ3v) is 5.32. The summed E-state index contributed by atoms with van der Waals surface area (Å²) >= 11 is 7.99. The van der Waals surface area contributed by atoms with Crippen LogP contribution in [0.15, 0.2) is 40.6 Å². The summed E-state index contributed by atoms with van der Waals surface area (Å²) in [7, 11) is 0. The maximum atomic E-state index is 13.9. The van der Waals surface area contributed by atoms with Crippen LogP contribution in [0.5, 0.6) is 0 Å². The third kappa shape index (κ3) is 2.66. The van der Waals surface area contributed by atoms with E-state index in [1.54, 1.807) is 29.5 Å². The van der Waals surface area contributed by atoms with E-state index in [-0.39, 0.29) is 11.6 Å². The minimum Gasteiger partial charge on any atom is -0.268 e. The van der Waals surface area contributed by atoms with Crippen molar-refractivity contribution in [2.24, 2.45) is 0 Å². The van der Waals surface area contributed by atoms with Crippen molar-refractivity contribution in [1.82, 2.24) is 0 Å². The van der Waals surface area contributed by atoms with Crippen LogP contribution in [0, 0.1) is 12.7 Å². The molecule has 1 aliphatic rings. The summed E-state index contributed by atoms with van der Waals surface area (Å²) < 4.78 is 14.2. The number of thiophene rings is 1. The lowest BCUT2D eigenvalue weighted by atomic mass is 10.2. The van der Waals surface area contributed by atoms with E-state index in [1.165, 1.54) is 22.7 Å². The average Bonchev–Trinajstić information content (AvgIpc) is 2.97. The molecule has 2 aromatic rings. The normalized spacial score (nSPS) is 17.0. The van der Waals surface area contributed by atoms with Crippen molar-refractivity contribution in [2.45, 2.75) is 6.92 Å². The number of hydrogen-bond acceptors (Lipinski definition) is 4. The Morgan fingerprint density at radius 1 is 1.29 bits per heavy atom. The van der Waals surface area contributed by atoms with Gasteiger partial charge in [0.2, 0.25) is 0 Å². The number of nitrogens with zero attached hydrogens (tertiary/aromatic N) is 1. The van der Waals surface area contributed by atoms with Crippen LogP contribution in [0.25, 0.3) is 6.08 Å². The van der Waals surface area contributed by atoms with Gasteiger partial charge in [0, 0.05) is 4.88 Å². The van der Waals surface area contributed by atoms with Crippen LogP contribution < -0.4 is 4.90 Å².